The Morgan fingerprint density at radius 2 is 1.88 bits per heavy atom. The maximum Gasteiger partial charge on any atom is 0.324 e. The zero-order valence-electron chi connectivity index (χ0n) is 11.8. The van der Waals surface area contributed by atoms with Gasteiger partial charge in [-0.25, -0.2) is 0 Å². The van der Waals surface area contributed by atoms with Gasteiger partial charge in [-0.05, 0) is 41.0 Å². The zero-order chi connectivity index (χ0) is 13.5. The van der Waals surface area contributed by atoms with Crippen LogP contribution in [-0.4, -0.2) is 73.7 Å². The van der Waals surface area contributed by atoms with E-state index in [4.69, 9.17) is 0 Å². The van der Waals surface area contributed by atoms with Gasteiger partial charge in [-0.2, -0.15) is 0 Å². The third-order valence-corrected chi connectivity index (χ3v) is 2.97. The summed E-state index contributed by atoms with van der Waals surface area (Å²) < 4.78 is 0. The predicted molar refractivity (Wildman–Crippen MR) is 70.4 cm³/mol. The Bertz CT molecular complexity index is 234. The smallest absolute Gasteiger partial charge is 0.324 e. The Morgan fingerprint density at radius 3 is 2.24 bits per heavy atom. The summed E-state index contributed by atoms with van der Waals surface area (Å²) >= 11 is 0. The lowest BCUT2D eigenvalue weighted by Crippen LogP contribution is -2.56. The Morgan fingerprint density at radius 1 is 1.29 bits per heavy atom. The summed E-state index contributed by atoms with van der Waals surface area (Å²) in [6.07, 6.45) is 1.03. The summed E-state index contributed by atoms with van der Waals surface area (Å²) in [7, 11) is 5.75. The number of hydrogen-bond donors (Lipinski definition) is 2. The van der Waals surface area contributed by atoms with Crippen LogP contribution in [0.4, 0.5) is 0 Å². The fourth-order valence-electron chi connectivity index (χ4n) is 1.63. The third-order valence-electron chi connectivity index (χ3n) is 2.97. The summed E-state index contributed by atoms with van der Waals surface area (Å²) in [6, 6.07) is 0. The lowest BCUT2D eigenvalue weighted by molar-refractivity contribution is -0.144. The van der Waals surface area contributed by atoms with Crippen LogP contribution in [0.15, 0.2) is 0 Å². The summed E-state index contributed by atoms with van der Waals surface area (Å²) in [5.41, 5.74) is -0.874. The maximum atomic E-state index is 11.2. The molecule has 0 aliphatic rings. The van der Waals surface area contributed by atoms with Crippen LogP contribution < -0.4 is 5.32 Å². The topological polar surface area (TPSA) is 55.8 Å². The number of rotatable bonds is 9. The minimum Gasteiger partial charge on any atom is -0.480 e. The number of carbonyl (C=O) groups is 1. The van der Waals surface area contributed by atoms with Gasteiger partial charge in [0.2, 0.25) is 0 Å². The molecule has 0 fully saturated rings. The summed E-state index contributed by atoms with van der Waals surface area (Å²) in [5.74, 6) is -0.800. The molecule has 102 valence electrons. The normalized spacial score (nSPS) is 15.2. The predicted octanol–water partition coefficient (Wildman–Crippen LogP) is 0.323. The van der Waals surface area contributed by atoms with Crippen molar-refractivity contribution in [2.45, 2.75) is 25.8 Å². The molecule has 0 saturated heterocycles. The number of hydrogen-bond acceptors (Lipinski definition) is 4. The van der Waals surface area contributed by atoms with Crippen molar-refractivity contribution >= 4 is 5.97 Å². The minimum absolute atomic E-state index is 0.528. The average Bonchev–Trinajstić information content (AvgIpc) is 2.25. The first-order valence-corrected chi connectivity index (χ1v) is 6.15. The number of nitrogens with zero attached hydrogens (tertiary/aromatic N) is 2. The van der Waals surface area contributed by atoms with Crippen molar-refractivity contribution in [2.75, 3.05) is 47.3 Å². The molecule has 0 aromatic rings. The molecule has 0 heterocycles. The molecule has 17 heavy (non-hydrogen) atoms. The second-order valence-electron chi connectivity index (χ2n) is 4.97. The van der Waals surface area contributed by atoms with Crippen LogP contribution in [0.25, 0.3) is 0 Å². The van der Waals surface area contributed by atoms with E-state index in [1.165, 1.54) is 0 Å². The van der Waals surface area contributed by atoms with Crippen LogP contribution in [0.1, 0.15) is 20.3 Å². The van der Waals surface area contributed by atoms with Gasteiger partial charge < -0.3 is 15.3 Å². The molecule has 0 aromatic carbocycles. The lowest BCUT2D eigenvalue weighted by atomic mass is 10.0. The van der Waals surface area contributed by atoms with Gasteiger partial charge in [0.05, 0.1) is 0 Å². The largest absolute Gasteiger partial charge is 0.480 e. The van der Waals surface area contributed by atoms with Gasteiger partial charge in [-0.15, -0.1) is 0 Å². The molecule has 5 nitrogen and oxygen atoms in total. The molecular formula is C12H27N3O2. The molecule has 0 bridgehead atoms. The molecular weight excluding hydrogens is 218 g/mol. The number of aliphatic carboxylic acids is 1. The standard InChI is InChI=1S/C12H27N3O2/c1-6-7-15(9-8-14(4)5)10-12(2,13-3)11(16)17/h13H,6-10H2,1-5H3,(H,16,17). The first-order chi connectivity index (χ1) is 7.85. The molecule has 0 aliphatic heterocycles. The van der Waals surface area contributed by atoms with E-state index in [-0.39, 0.29) is 0 Å². The fourth-order valence-corrected chi connectivity index (χ4v) is 1.63. The molecule has 0 amide bonds. The van der Waals surface area contributed by atoms with E-state index in [1.807, 2.05) is 14.1 Å². The Kier molecular flexibility index (Phi) is 7.34. The van der Waals surface area contributed by atoms with Crippen LogP contribution in [0.2, 0.25) is 0 Å². The highest BCUT2D eigenvalue weighted by atomic mass is 16.4. The van der Waals surface area contributed by atoms with E-state index in [1.54, 1.807) is 14.0 Å². The van der Waals surface area contributed by atoms with Crippen molar-refractivity contribution in [2.24, 2.45) is 0 Å². The maximum absolute atomic E-state index is 11.2. The third kappa shape index (κ3) is 6.00. The average molecular weight is 245 g/mol. The number of carboxylic acids is 1. The molecule has 0 spiro atoms. The highest BCUT2D eigenvalue weighted by Crippen LogP contribution is 2.07. The summed E-state index contributed by atoms with van der Waals surface area (Å²) in [4.78, 5) is 15.5. The number of likely N-dealkylation sites (N-methyl/N-ethyl adjacent to an activating group) is 2. The van der Waals surface area contributed by atoms with Gasteiger partial charge in [0, 0.05) is 19.6 Å². The minimum atomic E-state index is -0.874. The molecule has 1 atom stereocenters. The lowest BCUT2D eigenvalue weighted by Gasteiger charge is -2.32. The molecule has 0 aliphatic carbocycles. The van der Waals surface area contributed by atoms with E-state index < -0.39 is 11.5 Å². The highest BCUT2D eigenvalue weighted by molar-refractivity contribution is 5.78. The molecule has 0 aromatic heterocycles. The highest BCUT2D eigenvalue weighted by Gasteiger charge is 2.33. The first-order valence-electron chi connectivity index (χ1n) is 6.15. The quantitative estimate of drug-likeness (QED) is 0.613. The summed E-state index contributed by atoms with van der Waals surface area (Å²) in [5, 5.41) is 12.1. The molecule has 2 N–H and O–H groups in total. The van der Waals surface area contributed by atoms with Crippen LogP contribution in [0, 0.1) is 0 Å². The van der Waals surface area contributed by atoms with Gasteiger partial charge in [-0.1, -0.05) is 6.92 Å². The van der Waals surface area contributed by atoms with E-state index >= 15 is 0 Å². The summed E-state index contributed by atoms with van der Waals surface area (Å²) in [6.45, 7) is 7.14. The van der Waals surface area contributed by atoms with Crippen molar-refractivity contribution in [3.8, 4) is 0 Å². The second kappa shape index (κ2) is 7.63. The van der Waals surface area contributed by atoms with Crippen molar-refractivity contribution < 1.29 is 9.90 Å². The van der Waals surface area contributed by atoms with Gasteiger partial charge in [0.15, 0.2) is 0 Å². The van der Waals surface area contributed by atoms with E-state index in [9.17, 15) is 9.90 Å². The molecule has 0 radical (unpaired) electrons. The van der Waals surface area contributed by atoms with Crippen molar-refractivity contribution in [3.05, 3.63) is 0 Å². The van der Waals surface area contributed by atoms with Crippen LogP contribution in [0.3, 0.4) is 0 Å². The fraction of sp³-hybridized carbons (Fsp3) is 0.917. The van der Waals surface area contributed by atoms with Crippen LogP contribution in [0.5, 0.6) is 0 Å². The van der Waals surface area contributed by atoms with E-state index in [0.29, 0.717) is 6.54 Å². The van der Waals surface area contributed by atoms with Crippen LogP contribution >= 0.6 is 0 Å². The molecule has 5 heteroatoms. The van der Waals surface area contributed by atoms with E-state index in [2.05, 4.69) is 22.0 Å². The van der Waals surface area contributed by atoms with Gasteiger partial charge in [-0.3, -0.25) is 9.69 Å². The molecule has 0 rings (SSSR count). The van der Waals surface area contributed by atoms with Crippen molar-refractivity contribution in [1.29, 1.82) is 0 Å². The van der Waals surface area contributed by atoms with Crippen LogP contribution in [-0.2, 0) is 4.79 Å². The Labute approximate surface area is 105 Å². The monoisotopic (exact) mass is 245 g/mol. The number of carboxylic acid groups (broad SMARTS) is 1. The van der Waals surface area contributed by atoms with Crippen molar-refractivity contribution in [1.82, 2.24) is 15.1 Å². The Hall–Kier alpha value is -0.650. The molecule has 1 unspecified atom stereocenters. The Balaban J connectivity index is 4.44. The zero-order valence-corrected chi connectivity index (χ0v) is 11.8. The van der Waals surface area contributed by atoms with Gasteiger partial charge in [0.25, 0.3) is 0 Å². The van der Waals surface area contributed by atoms with Gasteiger partial charge in [0.1, 0.15) is 5.54 Å². The first kappa shape index (κ1) is 16.4. The van der Waals surface area contributed by atoms with Crippen molar-refractivity contribution in [3.63, 3.8) is 0 Å². The number of nitrogens with one attached hydrogen (secondary N) is 1. The molecule has 0 saturated carbocycles. The van der Waals surface area contributed by atoms with E-state index in [0.717, 1.165) is 26.1 Å². The van der Waals surface area contributed by atoms with Gasteiger partial charge >= 0.3 is 5.97 Å². The second-order valence-corrected chi connectivity index (χ2v) is 4.97. The SMILES string of the molecule is CCCN(CCN(C)C)CC(C)(NC)C(=O)O.